The smallest absolute Gasteiger partial charge is 0.254 e. The van der Waals surface area contributed by atoms with E-state index in [9.17, 15) is 9.18 Å². The van der Waals surface area contributed by atoms with Crippen molar-refractivity contribution in [3.63, 3.8) is 0 Å². The Kier molecular flexibility index (Phi) is 6.11. The Balaban J connectivity index is 1.66. The molecule has 0 aliphatic carbocycles. The molecule has 0 unspecified atom stereocenters. The van der Waals surface area contributed by atoms with Gasteiger partial charge in [-0.25, -0.2) is 9.37 Å². The molecule has 138 valence electrons. The molecular formula is C19H21FN2O3S. The van der Waals surface area contributed by atoms with Crippen molar-refractivity contribution < 1.29 is 18.7 Å². The van der Waals surface area contributed by atoms with Crippen molar-refractivity contribution in [2.45, 2.75) is 37.2 Å². The maximum atomic E-state index is 13.8. The molecule has 0 fully saturated rings. The van der Waals surface area contributed by atoms with Crippen LogP contribution >= 0.6 is 11.8 Å². The van der Waals surface area contributed by atoms with Gasteiger partial charge in [0.25, 0.3) is 5.91 Å². The van der Waals surface area contributed by atoms with Crippen LogP contribution in [0.25, 0.3) is 0 Å². The summed E-state index contributed by atoms with van der Waals surface area (Å²) in [6.45, 7) is 4.97. The van der Waals surface area contributed by atoms with Gasteiger partial charge in [-0.15, -0.1) is 11.8 Å². The first kappa shape index (κ1) is 18.7. The van der Waals surface area contributed by atoms with Crippen LogP contribution in [0.5, 0.6) is 5.75 Å². The monoisotopic (exact) mass is 376 g/mol. The molecule has 1 aliphatic rings. The maximum Gasteiger partial charge on any atom is 0.254 e. The summed E-state index contributed by atoms with van der Waals surface area (Å²) in [5.74, 6) is 0.141. The predicted molar refractivity (Wildman–Crippen MR) is 98.0 cm³/mol. The average Bonchev–Trinajstić information content (AvgIpc) is 2.61. The second-order valence-corrected chi connectivity index (χ2v) is 7.76. The number of halogens is 1. The van der Waals surface area contributed by atoms with Crippen molar-refractivity contribution in [1.82, 2.24) is 10.3 Å². The number of benzene rings is 1. The Morgan fingerprint density at radius 1 is 1.42 bits per heavy atom. The zero-order chi connectivity index (χ0) is 18.5. The molecule has 1 aromatic heterocycles. The van der Waals surface area contributed by atoms with Gasteiger partial charge >= 0.3 is 0 Å². The molecule has 0 saturated carbocycles. The van der Waals surface area contributed by atoms with Gasteiger partial charge in [-0.2, -0.15) is 0 Å². The van der Waals surface area contributed by atoms with Crippen molar-refractivity contribution in [1.29, 1.82) is 0 Å². The fraction of sp³-hybridized carbons (Fsp3) is 0.368. The molecule has 7 heteroatoms. The number of thioether (sulfide) groups is 1. The third-order valence-electron chi connectivity index (χ3n) is 3.79. The number of pyridine rings is 1. The van der Waals surface area contributed by atoms with Gasteiger partial charge in [0.15, 0.2) is 6.79 Å². The van der Waals surface area contributed by atoms with Gasteiger partial charge in [0, 0.05) is 23.6 Å². The molecule has 26 heavy (non-hydrogen) atoms. The van der Waals surface area contributed by atoms with Gasteiger partial charge < -0.3 is 14.8 Å². The van der Waals surface area contributed by atoms with E-state index in [1.165, 1.54) is 12.1 Å². The minimum Gasteiger partial charge on any atom is -0.467 e. The predicted octanol–water partition coefficient (Wildman–Crippen LogP) is 3.56. The third-order valence-corrected chi connectivity index (χ3v) is 4.81. The summed E-state index contributed by atoms with van der Waals surface area (Å²) in [5, 5.41) is 3.93. The van der Waals surface area contributed by atoms with Crippen LogP contribution in [0.3, 0.4) is 0 Å². The van der Waals surface area contributed by atoms with Crippen LogP contribution in [0.4, 0.5) is 4.39 Å². The number of rotatable bonds is 6. The van der Waals surface area contributed by atoms with E-state index >= 15 is 0 Å². The summed E-state index contributed by atoms with van der Waals surface area (Å²) in [4.78, 5) is 16.8. The van der Waals surface area contributed by atoms with Crippen LogP contribution in [-0.2, 0) is 17.8 Å². The van der Waals surface area contributed by atoms with Crippen molar-refractivity contribution in [3.05, 3.63) is 53.0 Å². The molecule has 1 aliphatic heterocycles. The van der Waals surface area contributed by atoms with Crippen LogP contribution in [0.2, 0.25) is 0 Å². The highest BCUT2D eigenvalue weighted by atomic mass is 32.2. The molecule has 0 atom stereocenters. The second kappa shape index (κ2) is 8.51. The number of hydrogen-bond donors (Lipinski definition) is 1. The number of aromatic nitrogens is 1. The van der Waals surface area contributed by atoms with Crippen molar-refractivity contribution in [2.75, 3.05) is 13.3 Å². The number of ether oxygens (including phenoxy) is 2. The molecule has 1 aromatic carbocycles. The highest BCUT2D eigenvalue weighted by molar-refractivity contribution is 7.99. The minimum atomic E-state index is -0.331. The van der Waals surface area contributed by atoms with Gasteiger partial charge in [-0.3, -0.25) is 4.79 Å². The molecule has 3 rings (SSSR count). The largest absolute Gasteiger partial charge is 0.467 e. The molecule has 1 N–H and O–H groups in total. The lowest BCUT2D eigenvalue weighted by molar-refractivity contribution is -0.0172. The zero-order valence-electron chi connectivity index (χ0n) is 14.8. The van der Waals surface area contributed by atoms with E-state index in [2.05, 4.69) is 24.1 Å². The van der Waals surface area contributed by atoms with Crippen LogP contribution in [0, 0.1) is 5.82 Å². The fourth-order valence-corrected chi connectivity index (χ4v) is 3.59. The second-order valence-electron chi connectivity index (χ2n) is 6.19. The Morgan fingerprint density at radius 3 is 3.08 bits per heavy atom. The summed E-state index contributed by atoms with van der Waals surface area (Å²) in [6, 6.07) is 6.37. The Labute approximate surface area is 156 Å². The van der Waals surface area contributed by atoms with Crippen LogP contribution in [-0.4, -0.2) is 29.5 Å². The number of carbonyl (C=O) groups excluding carboxylic acids is 1. The molecule has 1 amide bonds. The summed E-state index contributed by atoms with van der Waals surface area (Å²) < 4.78 is 24.5. The third kappa shape index (κ3) is 4.53. The van der Waals surface area contributed by atoms with E-state index in [1.54, 1.807) is 30.1 Å². The van der Waals surface area contributed by atoms with E-state index in [0.29, 0.717) is 46.7 Å². The molecule has 2 heterocycles. The fourth-order valence-electron chi connectivity index (χ4n) is 2.73. The Morgan fingerprint density at radius 2 is 2.27 bits per heavy atom. The molecule has 0 radical (unpaired) electrons. The summed E-state index contributed by atoms with van der Waals surface area (Å²) >= 11 is 1.55. The maximum absolute atomic E-state index is 13.8. The van der Waals surface area contributed by atoms with Gasteiger partial charge in [0.05, 0.1) is 12.2 Å². The molecule has 0 bridgehead atoms. The molecular weight excluding hydrogens is 355 g/mol. The van der Waals surface area contributed by atoms with Crippen molar-refractivity contribution in [3.8, 4) is 5.75 Å². The summed E-state index contributed by atoms with van der Waals surface area (Å²) in [6.07, 6.45) is 2.15. The van der Waals surface area contributed by atoms with Crippen molar-refractivity contribution >= 4 is 17.7 Å². The van der Waals surface area contributed by atoms with Gasteiger partial charge in [-0.05, 0) is 36.2 Å². The molecule has 5 nitrogen and oxygen atoms in total. The molecule has 0 spiro atoms. The highest BCUT2D eigenvalue weighted by Gasteiger charge is 2.18. The standard InChI is InChI=1S/C19H21FN2O3S/c1-12(2)26-19-16(4-3-6-22-19)18(23)21-7-5-13-8-15(20)9-14-10-24-11-25-17(13)14/h3-4,6,8-9,12H,5,7,10-11H2,1-2H3,(H,21,23). The van der Waals surface area contributed by atoms with Crippen LogP contribution in [0.15, 0.2) is 35.5 Å². The number of nitrogens with zero attached hydrogens (tertiary/aromatic N) is 1. The van der Waals surface area contributed by atoms with Gasteiger partial charge in [-0.1, -0.05) is 13.8 Å². The zero-order valence-corrected chi connectivity index (χ0v) is 15.6. The van der Waals surface area contributed by atoms with E-state index in [-0.39, 0.29) is 18.5 Å². The van der Waals surface area contributed by atoms with Crippen molar-refractivity contribution in [2.24, 2.45) is 0 Å². The van der Waals surface area contributed by atoms with E-state index in [4.69, 9.17) is 9.47 Å². The first-order chi connectivity index (χ1) is 12.5. The SMILES string of the molecule is CC(C)Sc1ncccc1C(=O)NCCc1cc(F)cc2c1OCOC2. The number of fused-ring (bicyclic) bond motifs is 1. The first-order valence-electron chi connectivity index (χ1n) is 8.46. The quantitative estimate of drug-likeness (QED) is 0.781. The number of amides is 1. The lowest BCUT2D eigenvalue weighted by Crippen LogP contribution is -2.27. The molecule has 0 saturated heterocycles. The first-order valence-corrected chi connectivity index (χ1v) is 9.34. The van der Waals surface area contributed by atoms with Gasteiger partial charge in [0.2, 0.25) is 0 Å². The number of hydrogen-bond acceptors (Lipinski definition) is 5. The Bertz CT molecular complexity index is 798. The highest BCUT2D eigenvalue weighted by Crippen LogP contribution is 2.29. The van der Waals surface area contributed by atoms with E-state index in [0.717, 1.165) is 5.56 Å². The lowest BCUT2D eigenvalue weighted by atomic mass is 10.1. The lowest BCUT2D eigenvalue weighted by Gasteiger charge is -2.21. The summed E-state index contributed by atoms with van der Waals surface area (Å²) in [7, 11) is 0. The van der Waals surface area contributed by atoms with Crippen LogP contribution in [0.1, 0.15) is 35.3 Å². The molecule has 2 aromatic rings. The number of carbonyl (C=O) groups is 1. The Hall–Kier alpha value is -2.12. The van der Waals surface area contributed by atoms with Gasteiger partial charge in [0.1, 0.15) is 16.6 Å². The van der Waals surface area contributed by atoms with Crippen LogP contribution < -0.4 is 10.1 Å². The van der Waals surface area contributed by atoms with E-state index < -0.39 is 0 Å². The number of nitrogens with one attached hydrogen (secondary N) is 1. The summed E-state index contributed by atoms with van der Waals surface area (Å²) in [5.41, 5.74) is 1.98. The normalized spacial score (nSPS) is 13.2. The topological polar surface area (TPSA) is 60.5 Å². The average molecular weight is 376 g/mol. The van der Waals surface area contributed by atoms with E-state index in [1.807, 2.05) is 0 Å². The minimum absolute atomic E-state index is 0.156.